The number of fused-ring (bicyclic) bond motifs is 1. The minimum atomic E-state index is 0.675. The second kappa shape index (κ2) is 4.55. The fourth-order valence-electron chi connectivity index (χ4n) is 1.39. The van der Waals surface area contributed by atoms with Crippen LogP contribution in [0.5, 0.6) is 0 Å². The molecule has 0 aliphatic carbocycles. The van der Waals surface area contributed by atoms with Gasteiger partial charge in [-0.3, -0.25) is 0 Å². The number of aromatic nitrogens is 2. The molecule has 0 aliphatic rings. The van der Waals surface area contributed by atoms with Gasteiger partial charge in [-0.2, -0.15) is 0 Å². The lowest BCUT2D eigenvalue weighted by Gasteiger charge is -2.04. The number of anilines is 1. The van der Waals surface area contributed by atoms with Crippen LogP contribution >= 0.6 is 11.3 Å². The molecule has 0 unspecified atom stereocenters. The summed E-state index contributed by atoms with van der Waals surface area (Å²) in [5.41, 5.74) is 0. The third kappa shape index (κ3) is 2.24. The number of methoxy groups -OCH3 is 1. The summed E-state index contributed by atoms with van der Waals surface area (Å²) in [5.74, 6) is 0.890. The molecule has 0 spiro atoms. The van der Waals surface area contributed by atoms with E-state index in [4.69, 9.17) is 4.74 Å². The molecular weight excluding hydrogens is 210 g/mol. The van der Waals surface area contributed by atoms with Gasteiger partial charge >= 0.3 is 0 Å². The fraction of sp³-hybridized carbons (Fsp3) is 0.400. The summed E-state index contributed by atoms with van der Waals surface area (Å²) in [5, 5.41) is 4.33. The van der Waals surface area contributed by atoms with Crippen molar-refractivity contribution in [1.82, 2.24) is 9.97 Å². The van der Waals surface area contributed by atoms with Crippen LogP contribution in [0.2, 0.25) is 0 Å². The van der Waals surface area contributed by atoms with Crippen molar-refractivity contribution < 1.29 is 4.74 Å². The zero-order valence-electron chi connectivity index (χ0n) is 8.78. The Hall–Kier alpha value is -1.20. The molecule has 0 radical (unpaired) electrons. The van der Waals surface area contributed by atoms with Gasteiger partial charge in [0.15, 0.2) is 0 Å². The molecule has 0 saturated carbocycles. The van der Waals surface area contributed by atoms with Gasteiger partial charge in [0.25, 0.3) is 0 Å². The van der Waals surface area contributed by atoms with Gasteiger partial charge in [-0.25, -0.2) is 9.97 Å². The van der Waals surface area contributed by atoms with E-state index in [1.54, 1.807) is 24.8 Å². The van der Waals surface area contributed by atoms with E-state index in [0.717, 1.165) is 22.6 Å². The second-order valence-electron chi connectivity index (χ2n) is 3.22. The number of aryl methyl sites for hydroxylation is 1. The molecule has 2 heterocycles. The van der Waals surface area contributed by atoms with Crippen molar-refractivity contribution in [2.45, 2.75) is 6.92 Å². The van der Waals surface area contributed by atoms with Crippen LogP contribution in [0.4, 0.5) is 5.82 Å². The number of ether oxygens (including phenoxy) is 1. The predicted octanol–water partition coefficient (Wildman–Crippen LogP) is 2.06. The minimum absolute atomic E-state index is 0.675. The largest absolute Gasteiger partial charge is 0.383 e. The molecule has 15 heavy (non-hydrogen) atoms. The van der Waals surface area contributed by atoms with Gasteiger partial charge in [0.1, 0.15) is 17.0 Å². The number of rotatable bonds is 4. The smallest absolute Gasteiger partial charge is 0.138 e. The topological polar surface area (TPSA) is 47.0 Å². The molecule has 0 fully saturated rings. The quantitative estimate of drug-likeness (QED) is 0.806. The van der Waals surface area contributed by atoms with E-state index >= 15 is 0 Å². The van der Waals surface area contributed by atoms with Crippen molar-refractivity contribution in [1.29, 1.82) is 0 Å². The molecule has 80 valence electrons. The molecule has 2 rings (SSSR count). The molecule has 0 atom stereocenters. The van der Waals surface area contributed by atoms with Gasteiger partial charge in [0, 0.05) is 18.5 Å². The number of thiophene rings is 1. The molecule has 4 nitrogen and oxygen atoms in total. The van der Waals surface area contributed by atoms with E-state index in [1.165, 1.54) is 4.88 Å². The Morgan fingerprint density at radius 1 is 1.47 bits per heavy atom. The third-order valence-corrected chi connectivity index (χ3v) is 3.01. The molecule has 2 aromatic rings. The number of hydrogen-bond donors (Lipinski definition) is 1. The number of nitrogens with zero attached hydrogens (tertiary/aromatic N) is 2. The molecule has 0 amide bonds. The van der Waals surface area contributed by atoms with Crippen molar-refractivity contribution in [3.8, 4) is 0 Å². The van der Waals surface area contributed by atoms with Gasteiger partial charge < -0.3 is 10.1 Å². The van der Waals surface area contributed by atoms with Gasteiger partial charge in [-0.1, -0.05) is 0 Å². The van der Waals surface area contributed by atoms with Gasteiger partial charge in [0.2, 0.25) is 0 Å². The van der Waals surface area contributed by atoms with E-state index in [2.05, 4.69) is 28.3 Å². The highest BCUT2D eigenvalue weighted by Crippen LogP contribution is 2.27. The average Bonchev–Trinajstić information content (AvgIpc) is 2.59. The lowest BCUT2D eigenvalue weighted by atomic mass is 10.3. The Morgan fingerprint density at radius 2 is 2.33 bits per heavy atom. The van der Waals surface area contributed by atoms with E-state index in [-0.39, 0.29) is 0 Å². The van der Waals surface area contributed by atoms with Crippen LogP contribution in [0.1, 0.15) is 4.88 Å². The Morgan fingerprint density at radius 3 is 3.13 bits per heavy atom. The Labute approximate surface area is 92.3 Å². The SMILES string of the molecule is COCCNc1ncnc2sc(C)cc12. The van der Waals surface area contributed by atoms with Crippen LogP contribution in [0.3, 0.4) is 0 Å². The number of nitrogens with one attached hydrogen (secondary N) is 1. The highest BCUT2D eigenvalue weighted by Gasteiger charge is 2.05. The zero-order valence-corrected chi connectivity index (χ0v) is 9.60. The maximum Gasteiger partial charge on any atom is 0.138 e. The van der Waals surface area contributed by atoms with Crippen LogP contribution in [0.15, 0.2) is 12.4 Å². The predicted molar refractivity (Wildman–Crippen MR) is 62.5 cm³/mol. The summed E-state index contributed by atoms with van der Waals surface area (Å²) in [6, 6.07) is 2.11. The molecule has 0 bridgehead atoms. The van der Waals surface area contributed by atoms with Gasteiger partial charge in [-0.05, 0) is 13.0 Å². The molecule has 1 N–H and O–H groups in total. The molecular formula is C10H13N3OS. The molecule has 2 aromatic heterocycles. The average molecular weight is 223 g/mol. The maximum atomic E-state index is 4.98. The summed E-state index contributed by atoms with van der Waals surface area (Å²) in [6.45, 7) is 3.51. The third-order valence-electron chi connectivity index (χ3n) is 2.05. The maximum absolute atomic E-state index is 4.98. The summed E-state index contributed by atoms with van der Waals surface area (Å²) in [4.78, 5) is 10.7. The molecule has 0 aliphatic heterocycles. The molecule has 0 aromatic carbocycles. The van der Waals surface area contributed by atoms with Crippen molar-refractivity contribution in [3.63, 3.8) is 0 Å². The van der Waals surface area contributed by atoms with Crippen LogP contribution in [0.25, 0.3) is 10.2 Å². The second-order valence-corrected chi connectivity index (χ2v) is 4.45. The van der Waals surface area contributed by atoms with Crippen molar-refractivity contribution >= 4 is 27.4 Å². The fourth-order valence-corrected chi connectivity index (χ4v) is 2.24. The first-order valence-electron chi connectivity index (χ1n) is 4.75. The van der Waals surface area contributed by atoms with Crippen molar-refractivity contribution in [2.75, 3.05) is 25.6 Å². The molecule has 5 heteroatoms. The van der Waals surface area contributed by atoms with Crippen LogP contribution in [-0.2, 0) is 4.74 Å². The van der Waals surface area contributed by atoms with E-state index in [9.17, 15) is 0 Å². The van der Waals surface area contributed by atoms with E-state index < -0.39 is 0 Å². The standard InChI is InChI=1S/C10H13N3OS/c1-7-5-8-9(11-3-4-14-2)12-6-13-10(8)15-7/h5-6H,3-4H2,1-2H3,(H,11,12,13). The highest BCUT2D eigenvalue weighted by molar-refractivity contribution is 7.18. The van der Waals surface area contributed by atoms with E-state index in [1.807, 2.05) is 0 Å². The molecule has 0 saturated heterocycles. The minimum Gasteiger partial charge on any atom is -0.383 e. The lowest BCUT2D eigenvalue weighted by molar-refractivity contribution is 0.210. The summed E-state index contributed by atoms with van der Waals surface area (Å²) in [6.07, 6.45) is 1.59. The van der Waals surface area contributed by atoms with Crippen LogP contribution in [-0.4, -0.2) is 30.2 Å². The summed E-state index contributed by atoms with van der Waals surface area (Å²) in [7, 11) is 1.69. The summed E-state index contributed by atoms with van der Waals surface area (Å²) < 4.78 is 4.98. The first-order valence-corrected chi connectivity index (χ1v) is 5.57. The lowest BCUT2D eigenvalue weighted by Crippen LogP contribution is -2.08. The van der Waals surface area contributed by atoms with E-state index in [0.29, 0.717) is 6.61 Å². The van der Waals surface area contributed by atoms with Crippen LogP contribution in [0, 0.1) is 6.92 Å². The van der Waals surface area contributed by atoms with Crippen molar-refractivity contribution in [2.24, 2.45) is 0 Å². The number of hydrogen-bond acceptors (Lipinski definition) is 5. The highest BCUT2D eigenvalue weighted by atomic mass is 32.1. The Balaban J connectivity index is 2.25. The van der Waals surface area contributed by atoms with Gasteiger partial charge in [0.05, 0.1) is 12.0 Å². The normalized spacial score (nSPS) is 10.8. The first-order chi connectivity index (χ1) is 7.31. The Bertz CT molecular complexity index is 455. The summed E-state index contributed by atoms with van der Waals surface area (Å²) >= 11 is 1.68. The van der Waals surface area contributed by atoms with Gasteiger partial charge in [-0.15, -0.1) is 11.3 Å². The first kappa shape index (κ1) is 10.3. The monoisotopic (exact) mass is 223 g/mol. The Kier molecular flexibility index (Phi) is 3.13. The zero-order chi connectivity index (χ0) is 10.7. The van der Waals surface area contributed by atoms with Crippen molar-refractivity contribution in [3.05, 3.63) is 17.3 Å². The van der Waals surface area contributed by atoms with Crippen LogP contribution < -0.4 is 5.32 Å².